The van der Waals surface area contributed by atoms with Crippen molar-refractivity contribution in [3.63, 3.8) is 0 Å². The maximum Gasteiger partial charge on any atom is 0.238 e. The van der Waals surface area contributed by atoms with Crippen LogP contribution in [0.1, 0.15) is 24.1 Å². The van der Waals surface area contributed by atoms with Crippen molar-refractivity contribution in [2.24, 2.45) is 0 Å². The zero-order valence-electron chi connectivity index (χ0n) is 10.2. The fourth-order valence-electron chi connectivity index (χ4n) is 2.03. The van der Waals surface area contributed by atoms with E-state index >= 15 is 0 Å². The minimum Gasteiger partial charge on any atom is -0.348 e. The number of benzene rings is 1. The fourth-order valence-corrected chi connectivity index (χ4v) is 2.97. The van der Waals surface area contributed by atoms with Crippen LogP contribution in [-0.2, 0) is 4.79 Å². The number of aryl methyl sites for hydroxylation is 1. The van der Waals surface area contributed by atoms with Gasteiger partial charge in [0.15, 0.2) is 0 Å². The third-order valence-electron chi connectivity index (χ3n) is 3.05. The summed E-state index contributed by atoms with van der Waals surface area (Å²) in [5.41, 5.74) is 2.40. The highest BCUT2D eigenvalue weighted by Gasteiger charge is 2.23. The standard InChI is InChI=1S/C13H18N2OS/c1-9-5-3-4-6-11(9)10(2)15-13(16)12-7-17-8-14-12/h3-6,10,12,14H,7-8H2,1-2H3,(H,15,16). The van der Waals surface area contributed by atoms with Crippen molar-refractivity contribution in [1.82, 2.24) is 10.6 Å². The summed E-state index contributed by atoms with van der Waals surface area (Å²) in [5, 5.41) is 6.24. The van der Waals surface area contributed by atoms with Gasteiger partial charge in [-0.25, -0.2) is 0 Å². The van der Waals surface area contributed by atoms with E-state index in [1.54, 1.807) is 11.8 Å². The Hall–Kier alpha value is -1.000. The van der Waals surface area contributed by atoms with Crippen LogP contribution in [0.15, 0.2) is 24.3 Å². The van der Waals surface area contributed by atoms with E-state index in [0.717, 1.165) is 11.6 Å². The third kappa shape index (κ3) is 3.01. The van der Waals surface area contributed by atoms with Crippen LogP contribution in [0.25, 0.3) is 0 Å². The zero-order valence-corrected chi connectivity index (χ0v) is 11.0. The normalized spacial score (nSPS) is 21.2. The number of nitrogens with one attached hydrogen (secondary N) is 2. The van der Waals surface area contributed by atoms with Crippen LogP contribution in [0.3, 0.4) is 0 Å². The topological polar surface area (TPSA) is 41.1 Å². The van der Waals surface area contributed by atoms with E-state index in [1.165, 1.54) is 11.1 Å². The molecule has 17 heavy (non-hydrogen) atoms. The molecule has 1 aliphatic rings. The minimum atomic E-state index is -0.0357. The summed E-state index contributed by atoms with van der Waals surface area (Å²) in [5.74, 6) is 1.84. The minimum absolute atomic E-state index is 0.0357. The molecule has 1 aromatic carbocycles. The van der Waals surface area contributed by atoms with E-state index in [2.05, 4.69) is 29.7 Å². The molecule has 1 saturated heterocycles. The van der Waals surface area contributed by atoms with Crippen molar-refractivity contribution in [1.29, 1.82) is 0 Å². The van der Waals surface area contributed by atoms with E-state index < -0.39 is 0 Å². The predicted molar refractivity (Wildman–Crippen MR) is 72.0 cm³/mol. The van der Waals surface area contributed by atoms with E-state index in [9.17, 15) is 4.79 Å². The second-order valence-electron chi connectivity index (χ2n) is 4.36. The van der Waals surface area contributed by atoms with Crippen molar-refractivity contribution in [2.75, 3.05) is 11.6 Å². The summed E-state index contributed by atoms with van der Waals surface area (Å²) in [7, 11) is 0. The second-order valence-corrected chi connectivity index (χ2v) is 5.39. The maximum atomic E-state index is 12.0. The highest BCUT2D eigenvalue weighted by molar-refractivity contribution is 7.99. The number of carbonyl (C=O) groups is 1. The second kappa shape index (κ2) is 5.56. The average Bonchev–Trinajstić information content (AvgIpc) is 2.82. The Balaban J connectivity index is 1.99. The summed E-state index contributed by atoms with van der Waals surface area (Å²) >= 11 is 1.76. The predicted octanol–water partition coefficient (Wildman–Crippen LogP) is 1.83. The lowest BCUT2D eigenvalue weighted by Crippen LogP contribution is -2.43. The van der Waals surface area contributed by atoms with Crippen LogP contribution < -0.4 is 10.6 Å². The van der Waals surface area contributed by atoms with Gasteiger partial charge in [-0.05, 0) is 25.0 Å². The molecule has 0 aromatic heterocycles. The summed E-state index contributed by atoms with van der Waals surface area (Å²) < 4.78 is 0. The van der Waals surface area contributed by atoms with E-state index in [-0.39, 0.29) is 18.0 Å². The van der Waals surface area contributed by atoms with Gasteiger partial charge in [-0.3, -0.25) is 10.1 Å². The van der Waals surface area contributed by atoms with Crippen molar-refractivity contribution in [3.05, 3.63) is 35.4 Å². The van der Waals surface area contributed by atoms with E-state index in [0.29, 0.717) is 0 Å². The number of carbonyl (C=O) groups excluding carboxylic acids is 1. The SMILES string of the molecule is Cc1ccccc1C(C)NC(=O)C1CSCN1. The first-order valence-electron chi connectivity index (χ1n) is 5.85. The molecule has 0 bridgehead atoms. The van der Waals surface area contributed by atoms with E-state index in [1.807, 2.05) is 19.1 Å². The fraction of sp³-hybridized carbons (Fsp3) is 0.462. The highest BCUT2D eigenvalue weighted by Crippen LogP contribution is 2.17. The molecule has 1 aliphatic heterocycles. The first kappa shape index (κ1) is 12.5. The molecule has 1 amide bonds. The Bertz CT molecular complexity index is 402. The molecule has 3 nitrogen and oxygen atoms in total. The number of hydrogen-bond donors (Lipinski definition) is 2. The van der Waals surface area contributed by atoms with Gasteiger partial charge < -0.3 is 5.32 Å². The Morgan fingerprint density at radius 1 is 1.53 bits per heavy atom. The van der Waals surface area contributed by atoms with Gasteiger partial charge in [0.2, 0.25) is 5.91 Å². The Kier molecular flexibility index (Phi) is 4.07. The Labute approximate surface area is 106 Å². The van der Waals surface area contributed by atoms with Gasteiger partial charge in [0.25, 0.3) is 0 Å². The number of hydrogen-bond acceptors (Lipinski definition) is 3. The molecule has 92 valence electrons. The van der Waals surface area contributed by atoms with Crippen molar-refractivity contribution in [2.45, 2.75) is 25.9 Å². The molecule has 1 aromatic rings. The number of thioether (sulfide) groups is 1. The zero-order chi connectivity index (χ0) is 12.3. The average molecular weight is 250 g/mol. The molecular weight excluding hydrogens is 232 g/mol. The maximum absolute atomic E-state index is 12.0. The molecule has 1 fully saturated rings. The Morgan fingerprint density at radius 2 is 2.29 bits per heavy atom. The first-order chi connectivity index (χ1) is 8.18. The smallest absolute Gasteiger partial charge is 0.238 e. The van der Waals surface area contributed by atoms with Crippen molar-refractivity contribution in [3.8, 4) is 0 Å². The molecule has 2 atom stereocenters. The lowest BCUT2D eigenvalue weighted by atomic mass is 10.0. The van der Waals surface area contributed by atoms with Crippen LogP contribution in [-0.4, -0.2) is 23.6 Å². The molecule has 2 N–H and O–H groups in total. The molecule has 0 aliphatic carbocycles. The van der Waals surface area contributed by atoms with Gasteiger partial charge in [0.1, 0.15) is 0 Å². The van der Waals surface area contributed by atoms with Crippen LogP contribution >= 0.6 is 11.8 Å². The lowest BCUT2D eigenvalue weighted by molar-refractivity contribution is -0.123. The molecule has 4 heteroatoms. The molecule has 1 heterocycles. The summed E-state index contributed by atoms with van der Waals surface area (Å²) in [4.78, 5) is 12.0. The third-order valence-corrected chi connectivity index (χ3v) is 3.99. The van der Waals surface area contributed by atoms with Crippen molar-refractivity contribution >= 4 is 17.7 Å². The van der Waals surface area contributed by atoms with Gasteiger partial charge in [-0.15, -0.1) is 11.8 Å². The van der Waals surface area contributed by atoms with Gasteiger partial charge >= 0.3 is 0 Å². The van der Waals surface area contributed by atoms with Crippen LogP contribution in [0.2, 0.25) is 0 Å². The largest absolute Gasteiger partial charge is 0.348 e. The van der Waals surface area contributed by atoms with Crippen LogP contribution in [0.4, 0.5) is 0 Å². The van der Waals surface area contributed by atoms with Gasteiger partial charge in [0.05, 0.1) is 12.1 Å². The number of rotatable bonds is 3. The quantitative estimate of drug-likeness (QED) is 0.860. The first-order valence-corrected chi connectivity index (χ1v) is 7.01. The van der Waals surface area contributed by atoms with Gasteiger partial charge in [-0.1, -0.05) is 24.3 Å². The van der Waals surface area contributed by atoms with Crippen molar-refractivity contribution < 1.29 is 4.79 Å². The highest BCUT2D eigenvalue weighted by atomic mass is 32.2. The monoisotopic (exact) mass is 250 g/mol. The molecule has 0 saturated carbocycles. The number of amides is 1. The summed E-state index contributed by atoms with van der Waals surface area (Å²) in [6.07, 6.45) is 0. The Morgan fingerprint density at radius 3 is 2.94 bits per heavy atom. The van der Waals surface area contributed by atoms with Gasteiger partial charge in [0, 0.05) is 11.6 Å². The van der Waals surface area contributed by atoms with E-state index in [4.69, 9.17) is 0 Å². The lowest BCUT2D eigenvalue weighted by Gasteiger charge is -2.18. The molecule has 2 rings (SSSR count). The molecular formula is C13H18N2OS. The molecule has 0 radical (unpaired) electrons. The van der Waals surface area contributed by atoms with Crippen LogP contribution in [0, 0.1) is 6.92 Å². The van der Waals surface area contributed by atoms with Crippen LogP contribution in [0.5, 0.6) is 0 Å². The summed E-state index contributed by atoms with van der Waals surface area (Å²) in [6, 6.07) is 8.19. The molecule has 2 unspecified atom stereocenters. The molecule has 0 spiro atoms. The summed E-state index contributed by atoms with van der Waals surface area (Å²) in [6.45, 7) is 4.10. The van der Waals surface area contributed by atoms with Gasteiger partial charge in [-0.2, -0.15) is 0 Å².